The molecule has 4 rings (SSSR count). The Morgan fingerprint density at radius 2 is 2.00 bits per heavy atom. The van der Waals surface area contributed by atoms with Gasteiger partial charge in [0.2, 0.25) is 5.91 Å². The maximum atomic E-state index is 13.0. The zero-order valence-electron chi connectivity index (χ0n) is 12.0. The van der Waals surface area contributed by atoms with Crippen molar-refractivity contribution in [3.8, 4) is 0 Å². The lowest BCUT2D eigenvalue weighted by atomic mass is 9.64. The third kappa shape index (κ3) is 1.95. The minimum absolute atomic E-state index is 0.267. The molecule has 2 aromatic heterocycles. The van der Waals surface area contributed by atoms with Gasteiger partial charge in [-0.1, -0.05) is 12.5 Å². The lowest BCUT2D eigenvalue weighted by molar-refractivity contribution is -0.145. The number of pyridine rings is 1. The molecule has 1 saturated heterocycles. The molecule has 0 unspecified atom stereocenters. The molecule has 0 aromatic carbocycles. The summed E-state index contributed by atoms with van der Waals surface area (Å²) in [7, 11) is 0. The van der Waals surface area contributed by atoms with Crippen LogP contribution >= 0.6 is 0 Å². The van der Waals surface area contributed by atoms with E-state index in [1.54, 1.807) is 6.20 Å². The van der Waals surface area contributed by atoms with Gasteiger partial charge in [-0.15, -0.1) is 0 Å². The van der Waals surface area contributed by atoms with E-state index < -0.39 is 0 Å². The summed E-state index contributed by atoms with van der Waals surface area (Å²) in [5.41, 5.74) is 1.82. The van der Waals surface area contributed by atoms with Gasteiger partial charge in [0.25, 0.3) is 0 Å². The molecular weight excluding hydrogens is 266 g/mol. The molecule has 0 bridgehead atoms. The van der Waals surface area contributed by atoms with Crippen LogP contribution in [0.1, 0.15) is 24.8 Å². The van der Waals surface area contributed by atoms with E-state index in [1.807, 2.05) is 21.7 Å². The van der Waals surface area contributed by atoms with Crippen molar-refractivity contribution < 1.29 is 9.53 Å². The second kappa shape index (κ2) is 4.84. The first-order chi connectivity index (χ1) is 10.3. The SMILES string of the molecule is O=C(N1CCOCC1)C1(c2ccc3ccnn3c2)CCC1. The van der Waals surface area contributed by atoms with E-state index in [0.29, 0.717) is 26.3 Å². The van der Waals surface area contributed by atoms with E-state index in [0.717, 1.165) is 30.3 Å². The van der Waals surface area contributed by atoms with Crippen LogP contribution in [0, 0.1) is 0 Å². The summed E-state index contributed by atoms with van der Waals surface area (Å²) in [4.78, 5) is 15.0. The summed E-state index contributed by atoms with van der Waals surface area (Å²) >= 11 is 0. The van der Waals surface area contributed by atoms with E-state index in [2.05, 4.69) is 17.2 Å². The Morgan fingerprint density at radius 3 is 2.71 bits per heavy atom. The van der Waals surface area contributed by atoms with Gasteiger partial charge in [0.15, 0.2) is 0 Å². The highest BCUT2D eigenvalue weighted by Crippen LogP contribution is 2.45. The number of fused-ring (bicyclic) bond motifs is 1. The van der Waals surface area contributed by atoms with Crippen molar-refractivity contribution in [1.29, 1.82) is 0 Å². The maximum Gasteiger partial charge on any atom is 0.233 e. The summed E-state index contributed by atoms with van der Waals surface area (Å²) in [6.07, 6.45) is 6.81. The van der Waals surface area contributed by atoms with Gasteiger partial charge >= 0.3 is 0 Å². The third-order valence-corrected chi connectivity index (χ3v) is 4.86. The number of rotatable bonds is 2. The average molecular weight is 285 g/mol. The monoisotopic (exact) mass is 285 g/mol. The highest BCUT2D eigenvalue weighted by atomic mass is 16.5. The number of amides is 1. The molecule has 2 fully saturated rings. The predicted octanol–water partition coefficient (Wildman–Crippen LogP) is 1.61. The van der Waals surface area contributed by atoms with Gasteiger partial charge in [-0.25, -0.2) is 4.52 Å². The molecule has 1 aliphatic carbocycles. The molecular formula is C16H19N3O2. The van der Waals surface area contributed by atoms with Crippen LogP contribution in [0.3, 0.4) is 0 Å². The lowest BCUT2D eigenvalue weighted by Gasteiger charge is -2.44. The van der Waals surface area contributed by atoms with E-state index >= 15 is 0 Å². The normalized spacial score (nSPS) is 21.2. The Balaban J connectivity index is 1.69. The molecule has 3 heterocycles. The van der Waals surface area contributed by atoms with Crippen molar-refractivity contribution in [3.63, 3.8) is 0 Å². The average Bonchev–Trinajstić information content (AvgIpc) is 2.94. The van der Waals surface area contributed by atoms with E-state index in [1.165, 1.54) is 0 Å². The largest absolute Gasteiger partial charge is 0.378 e. The van der Waals surface area contributed by atoms with Crippen LogP contribution in [0.4, 0.5) is 0 Å². The van der Waals surface area contributed by atoms with Crippen molar-refractivity contribution >= 4 is 11.4 Å². The van der Waals surface area contributed by atoms with Crippen molar-refractivity contribution in [2.24, 2.45) is 0 Å². The number of aromatic nitrogens is 2. The Kier molecular flexibility index (Phi) is 2.96. The second-order valence-electron chi connectivity index (χ2n) is 5.96. The lowest BCUT2D eigenvalue weighted by Crippen LogP contribution is -2.54. The first-order valence-corrected chi connectivity index (χ1v) is 7.61. The van der Waals surface area contributed by atoms with Crippen molar-refractivity contribution in [3.05, 3.63) is 36.2 Å². The van der Waals surface area contributed by atoms with Crippen LogP contribution in [0.2, 0.25) is 0 Å². The number of nitrogens with zero attached hydrogens (tertiary/aromatic N) is 3. The summed E-state index contributed by atoms with van der Waals surface area (Å²) < 4.78 is 7.22. The molecule has 110 valence electrons. The fourth-order valence-electron chi connectivity index (χ4n) is 3.42. The fraction of sp³-hybridized carbons (Fsp3) is 0.500. The molecule has 2 aromatic rings. The Morgan fingerprint density at radius 1 is 1.19 bits per heavy atom. The Hall–Kier alpha value is -1.88. The topological polar surface area (TPSA) is 46.8 Å². The number of carbonyl (C=O) groups excluding carboxylic acids is 1. The van der Waals surface area contributed by atoms with E-state index in [-0.39, 0.29) is 11.3 Å². The van der Waals surface area contributed by atoms with Crippen LogP contribution < -0.4 is 0 Å². The zero-order valence-corrected chi connectivity index (χ0v) is 12.0. The summed E-state index contributed by atoms with van der Waals surface area (Å²) in [5.74, 6) is 0.267. The van der Waals surface area contributed by atoms with Gasteiger partial charge in [0, 0.05) is 25.5 Å². The molecule has 2 aliphatic rings. The number of ether oxygens (including phenoxy) is 1. The molecule has 5 nitrogen and oxygen atoms in total. The van der Waals surface area contributed by atoms with Crippen molar-refractivity contribution in [1.82, 2.24) is 14.5 Å². The highest BCUT2D eigenvalue weighted by molar-refractivity contribution is 5.89. The zero-order chi connectivity index (χ0) is 14.3. The van der Waals surface area contributed by atoms with Crippen molar-refractivity contribution in [2.75, 3.05) is 26.3 Å². The molecule has 1 amide bonds. The standard InChI is InChI=1S/C16H19N3O2/c20-15(18-8-10-21-11-9-18)16(5-1-6-16)13-2-3-14-4-7-17-19(14)12-13/h2-4,7,12H,1,5-6,8-11H2. The molecule has 0 radical (unpaired) electrons. The molecule has 5 heteroatoms. The molecule has 0 N–H and O–H groups in total. The number of hydrogen-bond acceptors (Lipinski definition) is 3. The Bertz CT molecular complexity index is 669. The van der Waals surface area contributed by atoms with Gasteiger partial charge in [-0.05, 0) is 30.5 Å². The minimum Gasteiger partial charge on any atom is -0.378 e. The molecule has 21 heavy (non-hydrogen) atoms. The summed E-state index contributed by atoms with van der Waals surface area (Å²) in [5, 5.41) is 4.29. The van der Waals surface area contributed by atoms with Gasteiger partial charge in [-0.2, -0.15) is 5.10 Å². The highest BCUT2D eigenvalue weighted by Gasteiger charge is 2.48. The Labute approximate surface area is 123 Å². The van der Waals surface area contributed by atoms with Crippen LogP contribution in [0.5, 0.6) is 0 Å². The second-order valence-corrected chi connectivity index (χ2v) is 5.96. The molecule has 1 aliphatic heterocycles. The number of morpholine rings is 1. The quantitative estimate of drug-likeness (QED) is 0.842. The third-order valence-electron chi connectivity index (χ3n) is 4.86. The molecule has 0 atom stereocenters. The summed E-state index contributed by atoms with van der Waals surface area (Å²) in [6, 6.07) is 6.12. The smallest absolute Gasteiger partial charge is 0.233 e. The first-order valence-electron chi connectivity index (χ1n) is 7.61. The van der Waals surface area contributed by atoms with Gasteiger partial charge < -0.3 is 9.64 Å². The molecule has 1 saturated carbocycles. The summed E-state index contributed by atoms with van der Waals surface area (Å²) in [6.45, 7) is 2.73. The van der Waals surface area contributed by atoms with Crippen LogP contribution in [0.25, 0.3) is 5.52 Å². The van der Waals surface area contributed by atoms with E-state index in [9.17, 15) is 4.79 Å². The fourth-order valence-corrected chi connectivity index (χ4v) is 3.42. The number of hydrogen-bond donors (Lipinski definition) is 0. The predicted molar refractivity (Wildman–Crippen MR) is 78.1 cm³/mol. The number of carbonyl (C=O) groups is 1. The van der Waals surface area contributed by atoms with Gasteiger partial charge in [0.1, 0.15) is 0 Å². The maximum absolute atomic E-state index is 13.0. The van der Waals surface area contributed by atoms with Crippen LogP contribution in [-0.2, 0) is 14.9 Å². The molecule has 0 spiro atoms. The van der Waals surface area contributed by atoms with Gasteiger partial charge in [0.05, 0.1) is 24.1 Å². The first kappa shape index (κ1) is 12.8. The minimum atomic E-state index is -0.336. The van der Waals surface area contributed by atoms with Crippen molar-refractivity contribution in [2.45, 2.75) is 24.7 Å². The van der Waals surface area contributed by atoms with Gasteiger partial charge in [-0.3, -0.25) is 4.79 Å². The van der Waals surface area contributed by atoms with Crippen LogP contribution in [0.15, 0.2) is 30.6 Å². The van der Waals surface area contributed by atoms with Crippen LogP contribution in [-0.4, -0.2) is 46.7 Å². The van der Waals surface area contributed by atoms with E-state index in [4.69, 9.17) is 4.74 Å².